The average Bonchev–Trinajstić information content (AvgIpc) is 2.94. The van der Waals surface area contributed by atoms with E-state index >= 15 is 0 Å². The second-order valence-corrected chi connectivity index (χ2v) is 10.0. The quantitative estimate of drug-likeness (QED) is 0.180. The van der Waals surface area contributed by atoms with E-state index in [4.69, 9.17) is 16.2 Å². The number of carboxylic acids is 1. The first-order chi connectivity index (χ1) is 20.3. The minimum absolute atomic E-state index is 0.203. The number of carbonyl (C=O) groups excluding carboxylic acids is 2. The number of methoxy groups -OCH3 is 1. The molecule has 0 spiro atoms. The molecule has 0 saturated carbocycles. The minimum Gasteiger partial charge on any atom is -0.496 e. The molecule has 0 radical (unpaired) electrons. The molecule has 0 aromatic heterocycles. The molecule has 4 amide bonds. The first kappa shape index (κ1) is 32.8. The molecule has 3 atom stereocenters. The summed E-state index contributed by atoms with van der Waals surface area (Å²) in [6.45, 7) is 3.61. The Hall–Kier alpha value is -4.74. The van der Waals surface area contributed by atoms with Gasteiger partial charge in [0.05, 0.1) is 25.1 Å². The Morgan fingerprint density at radius 2 is 1.56 bits per heavy atom. The smallest absolute Gasteiger partial charge is 0.416 e. The van der Waals surface area contributed by atoms with Gasteiger partial charge in [-0.25, -0.2) is 9.59 Å². The molecule has 3 aromatic carbocycles. The lowest BCUT2D eigenvalue weighted by atomic mass is 9.78. The normalized spacial score (nSPS) is 13.4. The van der Waals surface area contributed by atoms with Crippen LogP contribution in [0.1, 0.15) is 66.5 Å². The molecule has 0 bridgehead atoms. The molecule has 0 aliphatic rings. The van der Waals surface area contributed by atoms with Crippen molar-refractivity contribution in [2.45, 2.75) is 57.3 Å². The Balaban J connectivity index is 2.40. The molecule has 230 valence electrons. The van der Waals surface area contributed by atoms with E-state index in [9.17, 15) is 32.7 Å². The Morgan fingerprint density at radius 1 is 0.884 bits per heavy atom. The largest absolute Gasteiger partial charge is 0.496 e. The van der Waals surface area contributed by atoms with E-state index in [1.807, 2.05) is 6.92 Å². The summed E-state index contributed by atoms with van der Waals surface area (Å²) in [5, 5.41) is 14.7. The highest BCUT2D eigenvalue weighted by Gasteiger charge is 2.35. The number of rotatable bonds is 12. The van der Waals surface area contributed by atoms with Crippen molar-refractivity contribution in [3.63, 3.8) is 0 Å². The van der Waals surface area contributed by atoms with Gasteiger partial charge in [-0.05, 0) is 64.9 Å². The number of carbonyl (C=O) groups is 3. The van der Waals surface area contributed by atoms with Gasteiger partial charge in [-0.1, -0.05) is 50.2 Å². The molecule has 0 heterocycles. The lowest BCUT2D eigenvalue weighted by Crippen LogP contribution is -2.42. The number of urea groups is 2. The summed E-state index contributed by atoms with van der Waals surface area (Å²) >= 11 is 0. The zero-order chi connectivity index (χ0) is 31.9. The fourth-order valence-electron chi connectivity index (χ4n) is 5.29. The van der Waals surface area contributed by atoms with Gasteiger partial charge in [-0.2, -0.15) is 13.2 Å². The summed E-state index contributed by atoms with van der Waals surface area (Å²) in [5.41, 5.74) is 12.5. The number of ether oxygens (including phenoxy) is 1. The fraction of sp³-hybridized carbons (Fsp3) is 0.323. The van der Waals surface area contributed by atoms with Crippen LogP contribution in [0, 0.1) is 0 Å². The van der Waals surface area contributed by atoms with Crippen LogP contribution in [0.4, 0.5) is 22.8 Å². The van der Waals surface area contributed by atoms with E-state index in [1.54, 1.807) is 49.4 Å². The highest BCUT2D eigenvalue weighted by atomic mass is 19.4. The highest BCUT2D eigenvalue weighted by molar-refractivity contribution is 5.78. The maximum absolute atomic E-state index is 14.1. The molecule has 0 aliphatic carbocycles. The maximum Gasteiger partial charge on any atom is 0.416 e. The number of carboxylic acid groups (broad SMARTS) is 1. The van der Waals surface area contributed by atoms with Crippen molar-refractivity contribution in [1.29, 1.82) is 0 Å². The van der Waals surface area contributed by atoms with Gasteiger partial charge in [0.25, 0.3) is 0 Å². The van der Waals surface area contributed by atoms with Crippen LogP contribution in [0.15, 0.2) is 60.7 Å². The predicted octanol–water partition coefficient (Wildman–Crippen LogP) is 5.71. The third-order valence-corrected chi connectivity index (χ3v) is 7.19. The van der Waals surface area contributed by atoms with Gasteiger partial charge >= 0.3 is 24.2 Å². The number of aliphatic carboxylic acids is 1. The topological polar surface area (TPSA) is 157 Å². The first-order valence-corrected chi connectivity index (χ1v) is 13.6. The molecule has 9 nitrogen and oxygen atoms in total. The summed E-state index contributed by atoms with van der Waals surface area (Å²) in [6, 6.07) is 12.1. The molecule has 12 heteroatoms. The Bertz CT molecular complexity index is 1480. The Labute approximate surface area is 247 Å². The number of amides is 4. The third-order valence-electron chi connectivity index (χ3n) is 7.19. The van der Waals surface area contributed by atoms with Crippen molar-refractivity contribution in [3.8, 4) is 16.9 Å². The zero-order valence-electron chi connectivity index (χ0n) is 24.0. The van der Waals surface area contributed by atoms with E-state index in [-0.39, 0.29) is 12.0 Å². The Morgan fingerprint density at radius 3 is 2.12 bits per heavy atom. The van der Waals surface area contributed by atoms with Crippen LogP contribution in [0.25, 0.3) is 11.1 Å². The van der Waals surface area contributed by atoms with Gasteiger partial charge in [0.2, 0.25) is 0 Å². The van der Waals surface area contributed by atoms with Gasteiger partial charge in [-0.15, -0.1) is 0 Å². The monoisotopic (exact) mass is 600 g/mol. The van der Waals surface area contributed by atoms with Gasteiger partial charge in [-0.3, -0.25) is 4.79 Å². The fourth-order valence-corrected chi connectivity index (χ4v) is 5.29. The summed E-state index contributed by atoms with van der Waals surface area (Å²) in [4.78, 5) is 35.2. The summed E-state index contributed by atoms with van der Waals surface area (Å²) in [5.74, 6) is -1.63. The van der Waals surface area contributed by atoms with E-state index in [1.165, 1.54) is 13.2 Å². The molecule has 3 aromatic rings. The van der Waals surface area contributed by atoms with Crippen molar-refractivity contribution < 1.29 is 37.4 Å². The van der Waals surface area contributed by atoms with E-state index in [0.29, 0.717) is 46.4 Å². The molecule has 43 heavy (non-hydrogen) atoms. The standard InChI is InChI=1S/C31H35F3N4O5/c1-4-24(37-29(35)41)18-7-6-8-19(15-18)28(25(5-2)38-30(36)42)23-16-20(31(32,33)34)10-11-21(23)22-13-17(14-27(39)40)9-12-26(22)43-3/h6-13,15-16,24-25,28H,4-5,14H2,1-3H3,(H,39,40)(H3,35,37,41)(H3,36,38,42). The van der Waals surface area contributed by atoms with Crippen LogP contribution in [-0.2, 0) is 17.4 Å². The number of hydrogen-bond donors (Lipinski definition) is 5. The van der Waals surface area contributed by atoms with Crippen LogP contribution < -0.4 is 26.8 Å². The number of nitrogens with one attached hydrogen (secondary N) is 2. The van der Waals surface area contributed by atoms with Crippen molar-refractivity contribution in [2.75, 3.05) is 7.11 Å². The second kappa shape index (κ2) is 14.0. The Kier molecular flexibility index (Phi) is 10.6. The average molecular weight is 601 g/mol. The van der Waals surface area contributed by atoms with E-state index < -0.39 is 47.8 Å². The van der Waals surface area contributed by atoms with Crippen LogP contribution in [0.5, 0.6) is 5.75 Å². The molecule has 0 aliphatic heterocycles. The number of halogens is 3. The molecule has 3 unspecified atom stereocenters. The molecular weight excluding hydrogens is 565 g/mol. The third kappa shape index (κ3) is 8.18. The number of nitrogens with two attached hydrogens (primary N) is 2. The number of primary amides is 2. The van der Waals surface area contributed by atoms with Gasteiger partial charge in [0.1, 0.15) is 5.75 Å². The highest BCUT2D eigenvalue weighted by Crippen LogP contribution is 2.43. The summed E-state index contributed by atoms with van der Waals surface area (Å²) < 4.78 is 47.9. The van der Waals surface area contributed by atoms with Crippen molar-refractivity contribution >= 4 is 18.0 Å². The second-order valence-electron chi connectivity index (χ2n) is 10.0. The summed E-state index contributed by atoms with van der Waals surface area (Å²) in [6.07, 6.45) is -4.23. The van der Waals surface area contributed by atoms with Crippen LogP contribution in [0.2, 0.25) is 0 Å². The van der Waals surface area contributed by atoms with Crippen molar-refractivity contribution in [3.05, 3.63) is 88.5 Å². The maximum atomic E-state index is 14.1. The van der Waals surface area contributed by atoms with Crippen molar-refractivity contribution in [1.82, 2.24) is 10.6 Å². The number of alkyl halides is 3. The zero-order valence-corrected chi connectivity index (χ0v) is 24.0. The lowest BCUT2D eigenvalue weighted by Gasteiger charge is -2.31. The molecule has 0 saturated heterocycles. The first-order valence-electron chi connectivity index (χ1n) is 13.6. The van der Waals surface area contributed by atoms with Gasteiger partial charge in [0, 0.05) is 17.5 Å². The molecular formula is C31H35F3N4O5. The van der Waals surface area contributed by atoms with Gasteiger partial charge < -0.3 is 31.9 Å². The SMILES string of the molecule is CCC(NC(N)=O)c1cccc(C(c2cc(C(F)(F)F)ccc2-c2cc(CC(=O)O)ccc2OC)C(CC)NC(N)=O)c1. The van der Waals surface area contributed by atoms with Crippen molar-refractivity contribution in [2.24, 2.45) is 11.5 Å². The molecule has 3 rings (SSSR count). The van der Waals surface area contributed by atoms with Gasteiger partial charge in [0.15, 0.2) is 0 Å². The number of benzene rings is 3. The molecule has 0 fully saturated rings. The predicted molar refractivity (Wildman–Crippen MR) is 156 cm³/mol. The van der Waals surface area contributed by atoms with E-state index in [2.05, 4.69) is 10.6 Å². The minimum atomic E-state index is -4.69. The number of hydrogen-bond acceptors (Lipinski definition) is 4. The van der Waals surface area contributed by atoms with Crippen LogP contribution in [0.3, 0.4) is 0 Å². The molecule has 7 N–H and O–H groups in total. The van der Waals surface area contributed by atoms with E-state index in [0.717, 1.165) is 12.1 Å². The van der Waals surface area contributed by atoms with Crippen LogP contribution >= 0.6 is 0 Å². The summed E-state index contributed by atoms with van der Waals surface area (Å²) in [7, 11) is 1.40. The van der Waals surface area contributed by atoms with Crippen LogP contribution in [-0.4, -0.2) is 36.3 Å². The lowest BCUT2D eigenvalue weighted by molar-refractivity contribution is -0.138.